The zero-order valence-corrected chi connectivity index (χ0v) is 28.1. The number of ether oxygens (including phenoxy) is 2. The molecule has 1 aliphatic rings. The number of aldehydes is 1. The third kappa shape index (κ3) is 7.33. The minimum atomic E-state index is -0.0638. The number of hydrogen-bond donors (Lipinski definition) is 1. The molecule has 0 atom stereocenters. The molecule has 224 valence electrons. The summed E-state index contributed by atoms with van der Waals surface area (Å²) in [6.07, 6.45) is 2.88. The first-order valence-corrected chi connectivity index (χ1v) is 15.3. The quantitative estimate of drug-likeness (QED) is 0.198. The molecule has 0 unspecified atom stereocenters. The number of anilines is 1. The van der Waals surface area contributed by atoms with E-state index in [4.69, 9.17) is 9.47 Å². The number of benzene rings is 3. The minimum absolute atomic E-state index is 0.0638. The van der Waals surface area contributed by atoms with Crippen LogP contribution in [0.15, 0.2) is 46.9 Å². The number of hydrogen-bond acceptors (Lipinski definition) is 4. The van der Waals surface area contributed by atoms with Gasteiger partial charge in [-0.05, 0) is 100 Å². The number of rotatable bonds is 8. The maximum absolute atomic E-state index is 12.5. The van der Waals surface area contributed by atoms with Gasteiger partial charge in [-0.3, -0.25) is 9.59 Å². The van der Waals surface area contributed by atoms with E-state index in [0.29, 0.717) is 29.2 Å². The Hall–Kier alpha value is -3.38. The Kier molecular flexibility index (Phi) is 11.2. The summed E-state index contributed by atoms with van der Waals surface area (Å²) in [6.45, 7) is 17.1. The van der Waals surface area contributed by atoms with Crippen LogP contribution in [-0.4, -0.2) is 26.4 Å². The van der Waals surface area contributed by atoms with Crippen LogP contribution in [0.2, 0.25) is 0 Å². The number of methoxy groups -OCH3 is 2. The van der Waals surface area contributed by atoms with Crippen molar-refractivity contribution in [2.75, 3.05) is 19.5 Å². The lowest BCUT2D eigenvalue weighted by Gasteiger charge is -2.19. The van der Waals surface area contributed by atoms with Crippen LogP contribution in [-0.2, 0) is 4.79 Å². The number of carbonyl (C=O) groups excluding carboxylic acids is 2. The normalized spacial score (nSPS) is 13.4. The van der Waals surface area contributed by atoms with Crippen molar-refractivity contribution in [2.45, 2.75) is 79.1 Å². The van der Waals surface area contributed by atoms with Crippen LogP contribution < -0.4 is 14.8 Å². The number of amides is 1. The second kappa shape index (κ2) is 14.2. The molecule has 0 radical (unpaired) electrons. The highest BCUT2D eigenvalue weighted by molar-refractivity contribution is 9.10. The molecule has 5 nitrogen and oxygen atoms in total. The molecule has 0 aliphatic carbocycles. The van der Waals surface area contributed by atoms with Crippen molar-refractivity contribution in [1.29, 1.82) is 0 Å². The highest BCUT2D eigenvalue weighted by atomic mass is 79.9. The van der Waals surface area contributed by atoms with Gasteiger partial charge in [0.25, 0.3) is 5.91 Å². The Morgan fingerprint density at radius 2 is 1.12 bits per heavy atom. The highest BCUT2D eigenvalue weighted by Gasteiger charge is 2.25. The monoisotopic (exact) mass is 633 g/mol. The molecule has 1 heterocycles. The summed E-state index contributed by atoms with van der Waals surface area (Å²) in [5, 5.41) is 2.94. The van der Waals surface area contributed by atoms with E-state index in [1.54, 1.807) is 14.2 Å². The fraction of sp³-hybridized carbons (Fsp3) is 0.389. The van der Waals surface area contributed by atoms with Crippen molar-refractivity contribution >= 4 is 45.5 Å². The zero-order valence-electron chi connectivity index (χ0n) is 26.5. The average Bonchev–Trinajstić information content (AvgIpc) is 3.25. The summed E-state index contributed by atoms with van der Waals surface area (Å²) in [5.74, 6) is 3.19. The summed E-state index contributed by atoms with van der Waals surface area (Å²) < 4.78 is 12.2. The van der Waals surface area contributed by atoms with E-state index in [9.17, 15) is 9.59 Å². The summed E-state index contributed by atoms with van der Waals surface area (Å²) in [5.41, 5.74) is 8.77. The standard InChI is InChI=1S/C22H24BrNO2.C14H20O2/c1-12(2)16-8-14(9-17(13(3)4)21(16)26-5)10-19-18-11-15(23)6-7-20(18)24-22(19)25;1-9(2)12-6-11(8-15)7-13(10(3)4)14(12)16-5/h6-13H,1-5H3,(H,24,25);6-10H,1-5H3. The molecule has 0 bridgehead atoms. The van der Waals surface area contributed by atoms with Crippen molar-refractivity contribution in [3.8, 4) is 11.5 Å². The number of halogens is 1. The first-order chi connectivity index (χ1) is 19.8. The Bertz CT molecular complexity index is 1430. The molecule has 3 aromatic rings. The van der Waals surface area contributed by atoms with Crippen LogP contribution in [0, 0.1) is 0 Å². The maximum Gasteiger partial charge on any atom is 0.256 e. The second-order valence-electron chi connectivity index (χ2n) is 11.9. The molecular weight excluding hydrogens is 590 g/mol. The Balaban J connectivity index is 0.000000260. The maximum atomic E-state index is 12.5. The van der Waals surface area contributed by atoms with E-state index >= 15 is 0 Å². The molecule has 0 saturated heterocycles. The molecule has 1 N–H and O–H groups in total. The van der Waals surface area contributed by atoms with E-state index in [0.717, 1.165) is 55.8 Å². The van der Waals surface area contributed by atoms with Crippen LogP contribution in [0.3, 0.4) is 0 Å². The lowest BCUT2D eigenvalue weighted by molar-refractivity contribution is -0.110. The van der Waals surface area contributed by atoms with Gasteiger partial charge < -0.3 is 14.8 Å². The summed E-state index contributed by atoms with van der Waals surface area (Å²) in [4.78, 5) is 23.4. The first kappa shape index (κ1) is 33.1. The van der Waals surface area contributed by atoms with Gasteiger partial charge in [0.2, 0.25) is 0 Å². The molecule has 1 aliphatic heterocycles. The van der Waals surface area contributed by atoms with Crippen molar-refractivity contribution in [3.05, 3.63) is 85.9 Å². The highest BCUT2D eigenvalue weighted by Crippen LogP contribution is 2.39. The van der Waals surface area contributed by atoms with Gasteiger partial charge in [0, 0.05) is 26.9 Å². The molecule has 3 aromatic carbocycles. The van der Waals surface area contributed by atoms with Crippen LogP contribution in [0.1, 0.15) is 123 Å². The van der Waals surface area contributed by atoms with Gasteiger partial charge in [-0.25, -0.2) is 0 Å². The molecule has 4 rings (SSSR count). The number of fused-ring (bicyclic) bond motifs is 1. The largest absolute Gasteiger partial charge is 0.496 e. The van der Waals surface area contributed by atoms with E-state index in [2.05, 4.69) is 88.8 Å². The predicted octanol–water partition coefficient (Wildman–Crippen LogP) is 9.95. The van der Waals surface area contributed by atoms with Gasteiger partial charge in [0.1, 0.15) is 17.8 Å². The summed E-state index contributed by atoms with van der Waals surface area (Å²) in [7, 11) is 3.41. The first-order valence-electron chi connectivity index (χ1n) is 14.5. The molecule has 1 amide bonds. The van der Waals surface area contributed by atoms with Crippen molar-refractivity contribution in [2.24, 2.45) is 0 Å². The molecule has 0 aromatic heterocycles. The van der Waals surface area contributed by atoms with Crippen LogP contribution in [0.4, 0.5) is 5.69 Å². The van der Waals surface area contributed by atoms with Crippen LogP contribution in [0.25, 0.3) is 11.6 Å². The topological polar surface area (TPSA) is 64.6 Å². The lowest BCUT2D eigenvalue weighted by atomic mass is 9.90. The van der Waals surface area contributed by atoms with Crippen molar-refractivity contribution in [3.63, 3.8) is 0 Å². The third-order valence-electron chi connectivity index (χ3n) is 7.45. The average molecular weight is 635 g/mol. The van der Waals surface area contributed by atoms with E-state index in [-0.39, 0.29) is 5.91 Å². The summed E-state index contributed by atoms with van der Waals surface area (Å²) >= 11 is 3.50. The number of carbonyl (C=O) groups is 2. The third-order valence-corrected chi connectivity index (χ3v) is 7.94. The minimum Gasteiger partial charge on any atom is -0.496 e. The van der Waals surface area contributed by atoms with Crippen LogP contribution in [0.5, 0.6) is 11.5 Å². The van der Waals surface area contributed by atoms with E-state index in [1.165, 1.54) is 11.1 Å². The summed E-state index contributed by atoms with van der Waals surface area (Å²) in [6, 6.07) is 13.9. The Morgan fingerprint density at radius 3 is 1.50 bits per heavy atom. The van der Waals surface area contributed by atoms with Crippen LogP contribution >= 0.6 is 15.9 Å². The van der Waals surface area contributed by atoms with E-state index < -0.39 is 0 Å². The van der Waals surface area contributed by atoms with Gasteiger partial charge in [0.05, 0.1) is 14.2 Å². The zero-order chi connectivity index (χ0) is 31.3. The molecule has 0 spiro atoms. The van der Waals surface area contributed by atoms with Crippen molar-refractivity contribution < 1.29 is 19.1 Å². The molecule has 6 heteroatoms. The second-order valence-corrected chi connectivity index (χ2v) is 12.8. The Labute approximate surface area is 259 Å². The molecule has 0 saturated carbocycles. The molecule has 42 heavy (non-hydrogen) atoms. The molecular formula is C36H44BrNO4. The van der Waals surface area contributed by atoms with Crippen molar-refractivity contribution in [1.82, 2.24) is 0 Å². The molecule has 0 fully saturated rings. The van der Waals surface area contributed by atoms with Gasteiger partial charge in [-0.1, -0.05) is 71.3 Å². The SMILES string of the molecule is COc1c(C(C)C)cc(C=C2C(=O)Nc3ccc(Br)cc32)cc1C(C)C.COc1c(C(C)C)cc(C=O)cc1C(C)C. The van der Waals surface area contributed by atoms with Gasteiger partial charge in [0.15, 0.2) is 0 Å². The van der Waals surface area contributed by atoms with Gasteiger partial charge >= 0.3 is 0 Å². The van der Waals surface area contributed by atoms with E-state index in [1.807, 2.05) is 36.4 Å². The van der Waals surface area contributed by atoms with Gasteiger partial charge in [-0.2, -0.15) is 0 Å². The van der Waals surface area contributed by atoms with Gasteiger partial charge in [-0.15, -0.1) is 0 Å². The fourth-order valence-corrected chi connectivity index (χ4v) is 5.57. The lowest BCUT2D eigenvalue weighted by Crippen LogP contribution is -2.04. The number of nitrogens with one attached hydrogen (secondary N) is 1. The smallest absolute Gasteiger partial charge is 0.256 e. The fourth-order valence-electron chi connectivity index (χ4n) is 5.21. The predicted molar refractivity (Wildman–Crippen MR) is 178 cm³/mol. The Morgan fingerprint density at radius 1 is 0.690 bits per heavy atom.